The van der Waals surface area contributed by atoms with Crippen LogP contribution in [0, 0.1) is 0 Å². The molecule has 0 radical (unpaired) electrons. The number of nitrogens with one attached hydrogen (secondary N) is 1. The van der Waals surface area contributed by atoms with Crippen LogP contribution in [0.3, 0.4) is 0 Å². The minimum absolute atomic E-state index is 0.199. The van der Waals surface area contributed by atoms with Crippen LogP contribution in [0.1, 0.15) is 32.1 Å². The summed E-state index contributed by atoms with van der Waals surface area (Å²) in [4.78, 5) is 13.0. The highest BCUT2D eigenvalue weighted by atomic mass is 16.4. The molecular formula is C10H18N2O2. The summed E-state index contributed by atoms with van der Waals surface area (Å²) in [5, 5.41) is 11.2. The maximum absolute atomic E-state index is 10.4. The third-order valence-corrected chi connectivity index (χ3v) is 3.43. The van der Waals surface area contributed by atoms with E-state index in [1.165, 1.54) is 19.5 Å². The molecule has 14 heavy (non-hydrogen) atoms. The van der Waals surface area contributed by atoms with Gasteiger partial charge in [-0.3, -0.25) is 0 Å². The highest BCUT2D eigenvalue weighted by molar-refractivity contribution is 5.64. The molecule has 1 amide bonds. The van der Waals surface area contributed by atoms with E-state index in [1.54, 1.807) is 0 Å². The van der Waals surface area contributed by atoms with Crippen LogP contribution in [0.25, 0.3) is 0 Å². The van der Waals surface area contributed by atoms with Crippen molar-refractivity contribution in [3.63, 3.8) is 0 Å². The molecule has 0 atom stereocenters. The molecule has 2 N–H and O–H groups in total. The van der Waals surface area contributed by atoms with Crippen LogP contribution in [-0.4, -0.2) is 41.3 Å². The first-order valence-corrected chi connectivity index (χ1v) is 5.49. The number of hydrogen-bond donors (Lipinski definition) is 2. The summed E-state index contributed by atoms with van der Waals surface area (Å²) in [6.45, 7) is 2.50. The molecular weight excluding hydrogens is 180 g/mol. The number of carbonyl (C=O) groups is 1. The van der Waals surface area contributed by atoms with Crippen molar-refractivity contribution in [3.8, 4) is 0 Å². The molecule has 1 heterocycles. The Kier molecular flexibility index (Phi) is 2.91. The molecule has 0 aromatic heterocycles. The monoisotopic (exact) mass is 198 g/mol. The quantitative estimate of drug-likeness (QED) is 0.702. The zero-order chi connectivity index (χ0) is 9.97. The Morgan fingerprint density at radius 2 is 1.86 bits per heavy atom. The van der Waals surface area contributed by atoms with E-state index in [4.69, 9.17) is 5.11 Å². The van der Waals surface area contributed by atoms with Crippen molar-refractivity contribution >= 4 is 6.09 Å². The first-order chi connectivity index (χ1) is 6.75. The van der Waals surface area contributed by atoms with Crippen LogP contribution in [0.4, 0.5) is 4.79 Å². The maximum atomic E-state index is 10.4. The van der Waals surface area contributed by atoms with E-state index in [0.717, 1.165) is 31.7 Å². The molecule has 4 nitrogen and oxygen atoms in total. The second-order valence-corrected chi connectivity index (χ2v) is 4.34. The summed E-state index contributed by atoms with van der Waals surface area (Å²) in [7, 11) is 0. The van der Waals surface area contributed by atoms with Crippen molar-refractivity contribution in [2.45, 2.75) is 44.2 Å². The minimum atomic E-state index is -0.877. The van der Waals surface area contributed by atoms with E-state index in [9.17, 15) is 4.79 Å². The zero-order valence-corrected chi connectivity index (χ0v) is 8.41. The normalized spacial score (nSPS) is 33.4. The maximum Gasteiger partial charge on any atom is 0.404 e. The van der Waals surface area contributed by atoms with Gasteiger partial charge in [-0.2, -0.15) is 0 Å². The molecule has 4 heteroatoms. The zero-order valence-electron chi connectivity index (χ0n) is 8.41. The lowest BCUT2D eigenvalue weighted by Gasteiger charge is -2.41. The summed E-state index contributed by atoms with van der Waals surface area (Å²) in [5.74, 6) is 0. The van der Waals surface area contributed by atoms with Crippen molar-refractivity contribution in [3.05, 3.63) is 0 Å². The van der Waals surface area contributed by atoms with Crippen molar-refractivity contribution < 1.29 is 9.90 Å². The van der Waals surface area contributed by atoms with Crippen LogP contribution >= 0.6 is 0 Å². The van der Waals surface area contributed by atoms with Gasteiger partial charge in [-0.15, -0.1) is 0 Å². The fourth-order valence-electron chi connectivity index (χ4n) is 2.47. The van der Waals surface area contributed by atoms with Crippen LogP contribution in [0.15, 0.2) is 0 Å². The highest BCUT2D eigenvalue weighted by Gasteiger charge is 2.28. The van der Waals surface area contributed by atoms with Gasteiger partial charge in [-0.05, 0) is 45.2 Å². The Balaban J connectivity index is 1.71. The lowest BCUT2D eigenvalue weighted by Crippen LogP contribution is -2.48. The number of amides is 1. The second-order valence-electron chi connectivity index (χ2n) is 4.34. The average Bonchev–Trinajstić information content (AvgIpc) is 2.04. The van der Waals surface area contributed by atoms with Gasteiger partial charge in [0.1, 0.15) is 0 Å². The summed E-state index contributed by atoms with van der Waals surface area (Å²) >= 11 is 0. The van der Waals surface area contributed by atoms with E-state index < -0.39 is 6.09 Å². The summed E-state index contributed by atoms with van der Waals surface area (Å²) in [6.07, 6.45) is 4.79. The molecule has 0 aromatic carbocycles. The van der Waals surface area contributed by atoms with E-state index >= 15 is 0 Å². The fraction of sp³-hybridized carbons (Fsp3) is 0.900. The molecule has 2 rings (SSSR count). The second kappa shape index (κ2) is 4.17. The number of likely N-dealkylation sites (tertiary alicyclic amines) is 1. The summed E-state index contributed by atoms with van der Waals surface area (Å²) in [5.41, 5.74) is 0. The van der Waals surface area contributed by atoms with Gasteiger partial charge in [0.05, 0.1) is 0 Å². The van der Waals surface area contributed by atoms with Crippen molar-refractivity contribution in [1.29, 1.82) is 0 Å². The topological polar surface area (TPSA) is 52.6 Å². The largest absolute Gasteiger partial charge is 0.465 e. The molecule has 2 fully saturated rings. The molecule has 2 aliphatic rings. The molecule has 0 bridgehead atoms. The Morgan fingerprint density at radius 3 is 2.29 bits per heavy atom. The smallest absolute Gasteiger partial charge is 0.404 e. The fourth-order valence-corrected chi connectivity index (χ4v) is 2.47. The van der Waals surface area contributed by atoms with Crippen LogP contribution in [-0.2, 0) is 0 Å². The van der Waals surface area contributed by atoms with Gasteiger partial charge in [-0.1, -0.05) is 0 Å². The standard InChI is InChI=1S/C10H18N2O2/c13-10(14)11-8-2-4-9(5-3-8)12-6-1-7-12/h8-9,11H,1-7H2,(H,13,14). The average molecular weight is 198 g/mol. The molecule has 0 spiro atoms. The van der Waals surface area contributed by atoms with Crippen LogP contribution in [0.5, 0.6) is 0 Å². The molecule has 0 unspecified atom stereocenters. The lowest BCUT2D eigenvalue weighted by molar-refractivity contribution is 0.0834. The third-order valence-electron chi connectivity index (χ3n) is 3.43. The van der Waals surface area contributed by atoms with Crippen molar-refractivity contribution in [1.82, 2.24) is 10.2 Å². The predicted molar refractivity (Wildman–Crippen MR) is 53.4 cm³/mol. The Bertz CT molecular complexity index is 208. The lowest BCUT2D eigenvalue weighted by atomic mass is 9.89. The Hall–Kier alpha value is -0.770. The van der Waals surface area contributed by atoms with Crippen LogP contribution in [0.2, 0.25) is 0 Å². The predicted octanol–water partition coefficient (Wildman–Crippen LogP) is 1.27. The molecule has 1 saturated carbocycles. The molecule has 1 aliphatic heterocycles. The number of carboxylic acid groups (broad SMARTS) is 1. The van der Waals surface area contributed by atoms with Crippen molar-refractivity contribution in [2.24, 2.45) is 0 Å². The van der Waals surface area contributed by atoms with Gasteiger partial charge in [0, 0.05) is 12.1 Å². The summed E-state index contributed by atoms with van der Waals surface area (Å²) in [6, 6.07) is 0.931. The first-order valence-electron chi connectivity index (χ1n) is 5.49. The molecule has 0 aromatic rings. The number of hydrogen-bond acceptors (Lipinski definition) is 2. The van der Waals surface area contributed by atoms with Gasteiger partial charge in [0.15, 0.2) is 0 Å². The highest BCUT2D eigenvalue weighted by Crippen LogP contribution is 2.26. The molecule has 80 valence electrons. The molecule has 1 aliphatic carbocycles. The van der Waals surface area contributed by atoms with Gasteiger partial charge in [0.25, 0.3) is 0 Å². The SMILES string of the molecule is O=C(O)NC1CCC(N2CCC2)CC1. The van der Waals surface area contributed by atoms with Crippen molar-refractivity contribution in [2.75, 3.05) is 13.1 Å². The molecule has 1 saturated heterocycles. The van der Waals surface area contributed by atoms with Crippen LogP contribution < -0.4 is 5.32 Å². The summed E-state index contributed by atoms with van der Waals surface area (Å²) < 4.78 is 0. The Labute approximate surface area is 84.3 Å². The van der Waals surface area contributed by atoms with E-state index in [1.807, 2.05) is 0 Å². The third kappa shape index (κ3) is 2.18. The number of nitrogens with zero attached hydrogens (tertiary/aromatic N) is 1. The van der Waals surface area contributed by atoms with Gasteiger partial charge >= 0.3 is 6.09 Å². The van der Waals surface area contributed by atoms with E-state index in [-0.39, 0.29) is 6.04 Å². The first kappa shape index (κ1) is 9.77. The van der Waals surface area contributed by atoms with E-state index in [2.05, 4.69) is 10.2 Å². The van der Waals surface area contributed by atoms with Gasteiger partial charge in [0.2, 0.25) is 0 Å². The number of rotatable bonds is 2. The van der Waals surface area contributed by atoms with E-state index in [0.29, 0.717) is 0 Å². The van der Waals surface area contributed by atoms with Gasteiger partial charge in [-0.25, -0.2) is 4.79 Å². The van der Waals surface area contributed by atoms with Gasteiger partial charge < -0.3 is 15.3 Å². The Morgan fingerprint density at radius 1 is 1.21 bits per heavy atom. The minimum Gasteiger partial charge on any atom is -0.465 e.